The Morgan fingerprint density at radius 1 is 1.18 bits per heavy atom. The molecule has 1 aromatic heterocycles. The van der Waals surface area contributed by atoms with Gasteiger partial charge in [0.1, 0.15) is 12.1 Å². The monoisotopic (exact) mass is 529 g/mol. The summed E-state index contributed by atoms with van der Waals surface area (Å²) in [5.74, 6) is -1.44. The Morgan fingerprint density at radius 3 is 2.62 bits per heavy atom. The van der Waals surface area contributed by atoms with E-state index in [0.717, 1.165) is 55.3 Å². The first-order valence-electron chi connectivity index (χ1n) is 13.6. The van der Waals surface area contributed by atoms with E-state index >= 15 is 4.39 Å². The highest BCUT2D eigenvalue weighted by Gasteiger charge is 2.49. The number of carbonyl (C=O) groups is 3. The second-order valence-corrected chi connectivity index (χ2v) is 11.7. The standard InChI is InChI=1S/C31H32FN3O4/c1-4-39-29(38)27(26-25-6-5-11-34(25)18-33-26)35-14-23-22(28(35)37)12-20(13-24(23)32)19-7-9-21(10-8-19)31(3)15-30(2,16-31)17-36/h7-10,12-13,17-18,27H,4-6,11,14-16H2,1-3H3. The average molecular weight is 530 g/mol. The number of esters is 1. The van der Waals surface area contributed by atoms with Gasteiger partial charge in [-0.05, 0) is 66.8 Å². The highest BCUT2D eigenvalue weighted by atomic mass is 19.1. The summed E-state index contributed by atoms with van der Waals surface area (Å²) in [5, 5.41) is 0. The molecule has 1 amide bonds. The van der Waals surface area contributed by atoms with Crippen LogP contribution in [0.25, 0.3) is 11.1 Å². The van der Waals surface area contributed by atoms with E-state index in [1.807, 2.05) is 35.8 Å². The number of rotatable bonds is 7. The number of ether oxygens (including phenoxy) is 1. The third-order valence-corrected chi connectivity index (χ3v) is 8.67. The second kappa shape index (κ2) is 9.14. The summed E-state index contributed by atoms with van der Waals surface area (Å²) >= 11 is 0. The van der Waals surface area contributed by atoms with Gasteiger partial charge in [0.25, 0.3) is 5.91 Å². The van der Waals surface area contributed by atoms with Crippen molar-refractivity contribution in [1.29, 1.82) is 0 Å². The first-order valence-corrected chi connectivity index (χ1v) is 13.6. The van der Waals surface area contributed by atoms with Crippen LogP contribution in [-0.4, -0.2) is 39.2 Å². The minimum atomic E-state index is -1.03. The number of aldehydes is 1. The molecule has 1 atom stereocenters. The fraction of sp³-hybridized carbons (Fsp3) is 0.419. The van der Waals surface area contributed by atoms with Gasteiger partial charge in [-0.25, -0.2) is 14.2 Å². The zero-order chi connectivity index (χ0) is 27.5. The lowest BCUT2D eigenvalue weighted by Crippen LogP contribution is -2.46. The number of benzene rings is 2. The molecule has 2 aliphatic heterocycles. The molecule has 7 nitrogen and oxygen atoms in total. The molecule has 1 fully saturated rings. The molecule has 8 heteroatoms. The van der Waals surface area contributed by atoms with Gasteiger partial charge in [0.2, 0.25) is 0 Å². The van der Waals surface area contributed by atoms with Crippen LogP contribution in [0.2, 0.25) is 0 Å². The SMILES string of the molecule is CCOC(=O)C(c1ncn2c1CCC2)N1Cc2c(F)cc(-c3ccc(C4(C)CC(C)(C=O)C4)cc3)cc2C1=O. The molecule has 0 radical (unpaired) electrons. The molecule has 202 valence electrons. The van der Waals surface area contributed by atoms with Crippen molar-refractivity contribution in [2.45, 2.75) is 71.0 Å². The molecule has 3 aromatic rings. The lowest BCUT2D eigenvalue weighted by molar-refractivity contribution is -0.149. The summed E-state index contributed by atoms with van der Waals surface area (Å²) in [6.45, 7) is 6.82. The molecule has 39 heavy (non-hydrogen) atoms. The predicted molar refractivity (Wildman–Crippen MR) is 142 cm³/mol. The van der Waals surface area contributed by atoms with Crippen LogP contribution in [-0.2, 0) is 39.3 Å². The Labute approximate surface area is 227 Å². The Balaban J connectivity index is 1.30. The van der Waals surface area contributed by atoms with E-state index < -0.39 is 23.7 Å². The number of carbonyl (C=O) groups excluding carboxylic acids is 3. The first kappa shape index (κ1) is 25.5. The van der Waals surface area contributed by atoms with Crippen LogP contribution in [0.3, 0.4) is 0 Å². The molecule has 3 heterocycles. The van der Waals surface area contributed by atoms with Gasteiger partial charge in [-0.15, -0.1) is 0 Å². The van der Waals surface area contributed by atoms with Crippen LogP contribution in [0, 0.1) is 11.2 Å². The van der Waals surface area contributed by atoms with Crippen molar-refractivity contribution in [3.05, 3.63) is 76.6 Å². The van der Waals surface area contributed by atoms with E-state index in [1.54, 1.807) is 19.3 Å². The van der Waals surface area contributed by atoms with Gasteiger partial charge in [-0.1, -0.05) is 38.1 Å². The number of fused-ring (bicyclic) bond motifs is 2. The molecule has 2 aromatic carbocycles. The highest BCUT2D eigenvalue weighted by molar-refractivity contribution is 6.02. The third kappa shape index (κ3) is 4.08. The maximum atomic E-state index is 15.5. The maximum absolute atomic E-state index is 15.5. The lowest BCUT2D eigenvalue weighted by Gasteiger charge is -2.50. The molecule has 0 spiro atoms. The molecular weight excluding hydrogens is 497 g/mol. The van der Waals surface area contributed by atoms with Crippen molar-refractivity contribution in [2.75, 3.05) is 6.61 Å². The summed E-state index contributed by atoms with van der Waals surface area (Å²) in [4.78, 5) is 44.1. The van der Waals surface area contributed by atoms with E-state index in [4.69, 9.17) is 4.74 Å². The fourth-order valence-electron chi connectivity index (χ4n) is 6.98. The van der Waals surface area contributed by atoms with Gasteiger partial charge < -0.3 is 19.0 Å². The number of nitrogens with zero attached hydrogens (tertiary/aromatic N) is 3. The predicted octanol–water partition coefficient (Wildman–Crippen LogP) is 5.15. The summed E-state index contributed by atoms with van der Waals surface area (Å²) in [6, 6.07) is 10.1. The molecule has 6 rings (SSSR count). The number of hydrogen-bond donors (Lipinski definition) is 0. The molecule has 0 bridgehead atoms. The smallest absolute Gasteiger partial charge is 0.335 e. The largest absolute Gasteiger partial charge is 0.464 e. The van der Waals surface area contributed by atoms with Gasteiger partial charge >= 0.3 is 5.97 Å². The summed E-state index contributed by atoms with van der Waals surface area (Å²) in [5.41, 5.74) is 4.16. The molecule has 3 aliphatic rings. The first-order chi connectivity index (χ1) is 18.7. The number of imidazole rings is 1. The zero-order valence-electron chi connectivity index (χ0n) is 22.5. The topological polar surface area (TPSA) is 81.5 Å². The quantitative estimate of drug-likeness (QED) is 0.312. The van der Waals surface area contributed by atoms with Gasteiger partial charge in [-0.2, -0.15) is 0 Å². The molecular formula is C31H32FN3O4. The molecule has 0 saturated heterocycles. The Morgan fingerprint density at radius 2 is 1.92 bits per heavy atom. The summed E-state index contributed by atoms with van der Waals surface area (Å²) < 4.78 is 22.8. The van der Waals surface area contributed by atoms with Crippen molar-refractivity contribution in [3.8, 4) is 11.1 Å². The average Bonchev–Trinajstić information content (AvgIpc) is 3.61. The van der Waals surface area contributed by atoms with Crippen LogP contribution < -0.4 is 0 Å². The normalized spacial score (nSPS) is 24.2. The van der Waals surface area contributed by atoms with Crippen molar-refractivity contribution in [1.82, 2.24) is 14.5 Å². The fourth-order valence-corrected chi connectivity index (χ4v) is 6.98. The second-order valence-electron chi connectivity index (χ2n) is 11.7. The van der Waals surface area contributed by atoms with E-state index in [2.05, 4.69) is 11.9 Å². The minimum Gasteiger partial charge on any atom is -0.464 e. The van der Waals surface area contributed by atoms with Crippen molar-refractivity contribution >= 4 is 18.2 Å². The van der Waals surface area contributed by atoms with Gasteiger partial charge in [-0.3, -0.25) is 4.79 Å². The Hall–Kier alpha value is -3.81. The van der Waals surface area contributed by atoms with Crippen molar-refractivity contribution < 1.29 is 23.5 Å². The summed E-state index contributed by atoms with van der Waals surface area (Å²) in [6.07, 6.45) is 6.04. The van der Waals surface area contributed by atoms with E-state index in [1.165, 1.54) is 11.0 Å². The van der Waals surface area contributed by atoms with Crippen LogP contribution in [0.5, 0.6) is 0 Å². The van der Waals surface area contributed by atoms with Gasteiger partial charge in [0, 0.05) is 28.8 Å². The molecule has 1 unspecified atom stereocenters. The highest BCUT2D eigenvalue weighted by Crippen LogP contribution is 2.54. The molecule has 1 aliphatic carbocycles. The minimum absolute atomic E-state index is 0.0249. The number of halogens is 1. The lowest BCUT2D eigenvalue weighted by atomic mass is 9.52. The van der Waals surface area contributed by atoms with Crippen molar-refractivity contribution in [3.63, 3.8) is 0 Å². The number of amides is 1. The molecule has 1 saturated carbocycles. The van der Waals surface area contributed by atoms with Gasteiger partial charge in [0.15, 0.2) is 6.04 Å². The zero-order valence-corrected chi connectivity index (χ0v) is 22.5. The van der Waals surface area contributed by atoms with Crippen LogP contribution in [0.15, 0.2) is 42.7 Å². The van der Waals surface area contributed by atoms with E-state index in [9.17, 15) is 14.4 Å². The molecule has 0 N–H and O–H groups in total. The van der Waals surface area contributed by atoms with Crippen LogP contribution in [0.4, 0.5) is 4.39 Å². The number of aryl methyl sites for hydroxylation is 1. The number of hydrogen-bond acceptors (Lipinski definition) is 5. The Bertz CT molecular complexity index is 1490. The van der Waals surface area contributed by atoms with E-state index in [-0.39, 0.29) is 35.1 Å². The van der Waals surface area contributed by atoms with Gasteiger partial charge in [0.05, 0.1) is 25.2 Å². The Kier molecular flexibility index (Phi) is 5.97. The van der Waals surface area contributed by atoms with E-state index in [0.29, 0.717) is 11.3 Å². The van der Waals surface area contributed by atoms with Crippen molar-refractivity contribution in [2.24, 2.45) is 5.41 Å². The summed E-state index contributed by atoms with van der Waals surface area (Å²) in [7, 11) is 0. The van der Waals surface area contributed by atoms with Crippen LogP contribution in [0.1, 0.15) is 78.9 Å². The number of aromatic nitrogens is 2. The third-order valence-electron chi connectivity index (χ3n) is 8.67. The maximum Gasteiger partial charge on any atom is 0.335 e. The van der Waals surface area contributed by atoms with Crippen LogP contribution >= 0.6 is 0 Å².